The van der Waals surface area contributed by atoms with E-state index in [0.29, 0.717) is 6.54 Å². The Balaban J connectivity index is 2.20. The highest BCUT2D eigenvalue weighted by Crippen LogP contribution is 2.34. The van der Waals surface area contributed by atoms with Crippen LogP contribution in [0.15, 0.2) is 18.2 Å². The average molecular weight is 359 g/mol. The number of hydrogen-bond donors (Lipinski definition) is 2. The summed E-state index contributed by atoms with van der Waals surface area (Å²) in [5.41, 5.74) is 4.04. The molecule has 8 heteroatoms. The van der Waals surface area contributed by atoms with Gasteiger partial charge in [0, 0.05) is 18.1 Å². The van der Waals surface area contributed by atoms with Crippen molar-refractivity contribution < 1.29 is 22.7 Å². The molecule has 1 aliphatic rings. The lowest BCUT2D eigenvalue weighted by Gasteiger charge is -2.42. The Morgan fingerprint density at radius 1 is 1.32 bits per heavy atom. The summed E-state index contributed by atoms with van der Waals surface area (Å²) >= 11 is 0. The molecule has 3 N–H and O–H groups in total. The lowest BCUT2D eigenvalue weighted by atomic mass is 9.99. The van der Waals surface area contributed by atoms with Crippen LogP contribution < -0.4 is 15.8 Å². The highest BCUT2D eigenvalue weighted by Gasteiger charge is 2.36. The van der Waals surface area contributed by atoms with Gasteiger partial charge in [-0.2, -0.15) is 13.2 Å². The molecule has 1 atom stereocenters. The standard InChI is InChI=1S/C17H24F3N3O2/c1-16(2,3)23(12-5-4-8-22-10-12)15(24)25-14-7-6-11(9-13(14)21)17(18,19)20/h6-7,9,12,22H,4-5,8,10,21H2,1-3H3/t12-/m0/s1. The van der Waals surface area contributed by atoms with Crippen LogP contribution in [0.1, 0.15) is 39.2 Å². The number of halogens is 3. The molecule has 0 aliphatic carbocycles. The summed E-state index contributed by atoms with van der Waals surface area (Å²) in [6.45, 7) is 7.21. The summed E-state index contributed by atoms with van der Waals surface area (Å²) in [7, 11) is 0. The Hall–Kier alpha value is -1.96. The van der Waals surface area contributed by atoms with Gasteiger partial charge in [0.1, 0.15) is 0 Å². The first-order valence-electron chi connectivity index (χ1n) is 8.19. The van der Waals surface area contributed by atoms with Crippen LogP contribution in [0.3, 0.4) is 0 Å². The van der Waals surface area contributed by atoms with Gasteiger partial charge in [-0.05, 0) is 58.4 Å². The molecule has 0 radical (unpaired) electrons. The second-order valence-electron chi connectivity index (χ2n) is 7.16. The monoisotopic (exact) mass is 359 g/mol. The number of nitrogens with zero attached hydrogens (tertiary/aromatic N) is 1. The minimum absolute atomic E-state index is 0.0445. The topological polar surface area (TPSA) is 67.6 Å². The molecular weight excluding hydrogens is 335 g/mol. The first-order chi connectivity index (χ1) is 11.5. The van der Waals surface area contributed by atoms with E-state index in [1.807, 2.05) is 20.8 Å². The first kappa shape index (κ1) is 19.4. The Bertz CT molecular complexity index is 621. The van der Waals surface area contributed by atoms with Crippen LogP contribution in [0.5, 0.6) is 5.75 Å². The molecular formula is C17H24F3N3O2. The van der Waals surface area contributed by atoms with Gasteiger partial charge in [-0.1, -0.05) is 0 Å². The zero-order valence-electron chi connectivity index (χ0n) is 14.6. The normalized spacial score (nSPS) is 18.7. The number of carbonyl (C=O) groups excluding carboxylic acids is 1. The SMILES string of the molecule is CC(C)(C)N(C(=O)Oc1ccc(C(F)(F)F)cc1N)[C@H]1CCCNC1. The third kappa shape index (κ3) is 4.78. The molecule has 1 amide bonds. The van der Waals surface area contributed by atoms with Crippen LogP contribution in [0.4, 0.5) is 23.7 Å². The smallest absolute Gasteiger partial charge is 0.408 e. The molecule has 25 heavy (non-hydrogen) atoms. The van der Waals surface area contributed by atoms with Gasteiger partial charge < -0.3 is 15.8 Å². The molecule has 1 heterocycles. The van der Waals surface area contributed by atoms with E-state index in [2.05, 4.69) is 5.32 Å². The van der Waals surface area contributed by atoms with Crippen LogP contribution in [-0.4, -0.2) is 35.7 Å². The van der Waals surface area contributed by atoms with Crippen molar-refractivity contribution in [2.45, 2.75) is 51.4 Å². The van der Waals surface area contributed by atoms with Gasteiger partial charge in [0.25, 0.3) is 0 Å². The van der Waals surface area contributed by atoms with E-state index in [0.717, 1.165) is 37.6 Å². The number of carbonyl (C=O) groups is 1. The average Bonchev–Trinajstić information content (AvgIpc) is 2.48. The number of anilines is 1. The summed E-state index contributed by atoms with van der Waals surface area (Å²) in [5, 5.41) is 3.24. The molecule has 5 nitrogen and oxygen atoms in total. The van der Waals surface area contributed by atoms with Gasteiger partial charge in [0.15, 0.2) is 5.75 Å². The van der Waals surface area contributed by atoms with Crippen LogP contribution in [0.2, 0.25) is 0 Å². The van der Waals surface area contributed by atoms with Crippen molar-refractivity contribution in [3.05, 3.63) is 23.8 Å². The predicted molar refractivity (Wildman–Crippen MR) is 89.4 cm³/mol. The molecule has 0 spiro atoms. The largest absolute Gasteiger partial charge is 0.416 e. The summed E-state index contributed by atoms with van der Waals surface area (Å²) < 4.78 is 43.5. The van der Waals surface area contributed by atoms with Crippen molar-refractivity contribution in [3.63, 3.8) is 0 Å². The van der Waals surface area contributed by atoms with E-state index >= 15 is 0 Å². The zero-order valence-corrected chi connectivity index (χ0v) is 14.6. The first-order valence-corrected chi connectivity index (χ1v) is 8.19. The fourth-order valence-electron chi connectivity index (χ4n) is 2.99. The number of piperidine rings is 1. The van der Waals surface area contributed by atoms with Crippen LogP contribution in [0, 0.1) is 0 Å². The molecule has 0 unspecified atom stereocenters. The van der Waals surface area contributed by atoms with Gasteiger partial charge in [-0.3, -0.25) is 4.90 Å². The minimum Gasteiger partial charge on any atom is -0.408 e. The van der Waals surface area contributed by atoms with E-state index in [1.54, 1.807) is 4.90 Å². The third-order valence-electron chi connectivity index (χ3n) is 4.09. The highest BCUT2D eigenvalue weighted by atomic mass is 19.4. The molecule has 1 fully saturated rings. The number of rotatable bonds is 2. The number of alkyl halides is 3. The quantitative estimate of drug-likeness (QED) is 0.791. The Morgan fingerprint density at radius 3 is 2.48 bits per heavy atom. The van der Waals surface area contributed by atoms with E-state index in [1.165, 1.54) is 0 Å². The number of hydrogen-bond acceptors (Lipinski definition) is 4. The lowest BCUT2D eigenvalue weighted by Crippen LogP contribution is -2.57. The van der Waals surface area contributed by atoms with Gasteiger partial charge in [-0.15, -0.1) is 0 Å². The van der Waals surface area contributed by atoms with Gasteiger partial charge in [-0.25, -0.2) is 4.79 Å². The zero-order chi connectivity index (χ0) is 18.8. The van der Waals surface area contributed by atoms with Crippen molar-refractivity contribution in [2.75, 3.05) is 18.8 Å². The van der Waals surface area contributed by atoms with Crippen molar-refractivity contribution in [2.24, 2.45) is 0 Å². The summed E-state index contributed by atoms with van der Waals surface area (Å²) in [6.07, 6.45) is -3.34. The maximum Gasteiger partial charge on any atom is 0.416 e. The maximum atomic E-state index is 12.7. The Labute approximate surface area is 145 Å². The third-order valence-corrected chi connectivity index (χ3v) is 4.09. The second kappa shape index (κ2) is 7.11. The molecule has 1 aromatic rings. The van der Waals surface area contributed by atoms with Crippen LogP contribution in [-0.2, 0) is 6.18 Å². The number of nitrogens with one attached hydrogen (secondary N) is 1. The molecule has 2 rings (SSSR count). The molecule has 1 saturated heterocycles. The fourth-order valence-corrected chi connectivity index (χ4v) is 2.99. The number of ether oxygens (including phenoxy) is 1. The number of nitrogens with two attached hydrogens (primary N) is 1. The maximum absolute atomic E-state index is 12.7. The van der Waals surface area contributed by atoms with E-state index in [4.69, 9.17) is 10.5 Å². The van der Waals surface area contributed by atoms with Crippen LogP contribution in [0.25, 0.3) is 0 Å². The molecule has 0 bridgehead atoms. The van der Waals surface area contributed by atoms with Gasteiger partial charge in [0.05, 0.1) is 11.3 Å². The van der Waals surface area contributed by atoms with Gasteiger partial charge in [0.2, 0.25) is 0 Å². The predicted octanol–water partition coefficient (Wildman–Crippen LogP) is 3.64. The van der Waals surface area contributed by atoms with E-state index in [9.17, 15) is 18.0 Å². The highest BCUT2D eigenvalue weighted by molar-refractivity contribution is 5.74. The molecule has 1 aromatic carbocycles. The molecule has 0 saturated carbocycles. The molecule has 140 valence electrons. The van der Waals surface area contributed by atoms with Gasteiger partial charge >= 0.3 is 12.3 Å². The summed E-state index contributed by atoms with van der Waals surface area (Å²) in [6, 6.07) is 2.65. The summed E-state index contributed by atoms with van der Waals surface area (Å²) in [4.78, 5) is 14.3. The van der Waals surface area contributed by atoms with Crippen LogP contribution >= 0.6 is 0 Å². The Kier molecular flexibility index (Phi) is 5.51. The number of amides is 1. The molecule has 0 aromatic heterocycles. The van der Waals surface area contributed by atoms with Crippen molar-refractivity contribution >= 4 is 11.8 Å². The second-order valence-corrected chi connectivity index (χ2v) is 7.16. The van der Waals surface area contributed by atoms with E-state index in [-0.39, 0.29) is 17.5 Å². The lowest BCUT2D eigenvalue weighted by molar-refractivity contribution is -0.137. The summed E-state index contributed by atoms with van der Waals surface area (Å²) in [5.74, 6) is -0.0731. The minimum atomic E-state index is -4.50. The van der Waals surface area contributed by atoms with Crippen molar-refractivity contribution in [1.82, 2.24) is 10.2 Å². The molecule has 1 aliphatic heterocycles. The fraction of sp³-hybridized carbons (Fsp3) is 0.588. The van der Waals surface area contributed by atoms with Crippen molar-refractivity contribution in [1.29, 1.82) is 0 Å². The Morgan fingerprint density at radius 2 is 2.00 bits per heavy atom. The van der Waals surface area contributed by atoms with Crippen molar-refractivity contribution in [3.8, 4) is 5.75 Å². The number of nitrogen functional groups attached to an aromatic ring is 1. The van der Waals surface area contributed by atoms with E-state index < -0.39 is 23.4 Å². The number of benzene rings is 1.